The quantitative estimate of drug-likeness (QED) is 0.568. The predicted octanol–water partition coefficient (Wildman–Crippen LogP) is 2.28. The lowest BCUT2D eigenvalue weighted by Gasteiger charge is -2.39. The molecule has 0 spiro atoms. The van der Waals surface area contributed by atoms with E-state index < -0.39 is 0 Å². The first-order valence-corrected chi connectivity index (χ1v) is 8.91. The molecule has 3 aliphatic rings. The first kappa shape index (κ1) is 14.8. The van der Waals surface area contributed by atoms with Gasteiger partial charge in [-0.05, 0) is 50.6 Å². The number of rotatable bonds is 7. The molecule has 0 bridgehead atoms. The van der Waals surface area contributed by atoms with Crippen LogP contribution < -0.4 is 5.32 Å². The molecule has 20 heavy (non-hydrogen) atoms. The lowest BCUT2D eigenvalue weighted by molar-refractivity contribution is -0.925. The minimum Gasteiger partial charge on any atom is -0.317 e. The minimum absolute atomic E-state index is 0.813. The van der Waals surface area contributed by atoms with Crippen LogP contribution in [0.1, 0.15) is 45.4 Å². The zero-order chi connectivity index (χ0) is 14.2. The average molecular weight is 280 g/mol. The number of quaternary nitrogens is 1. The van der Waals surface area contributed by atoms with Gasteiger partial charge in [0.1, 0.15) is 6.17 Å². The Kier molecular flexibility index (Phi) is 4.40. The largest absolute Gasteiger partial charge is 0.317 e. The summed E-state index contributed by atoms with van der Waals surface area (Å²) in [5.41, 5.74) is 0. The van der Waals surface area contributed by atoms with E-state index in [9.17, 15) is 0 Å². The molecule has 5 atom stereocenters. The summed E-state index contributed by atoms with van der Waals surface area (Å²) in [6.07, 6.45) is 9.53. The third kappa shape index (κ3) is 3.37. The van der Waals surface area contributed by atoms with Crippen molar-refractivity contribution in [3.8, 4) is 0 Å². The van der Waals surface area contributed by atoms with Gasteiger partial charge >= 0.3 is 0 Å². The minimum atomic E-state index is 0.813. The second-order valence-corrected chi connectivity index (χ2v) is 7.97. The molecule has 3 fully saturated rings. The molecule has 2 aliphatic heterocycles. The highest BCUT2D eigenvalue weighted by molar-refractivity contribution is 4.93. The molecule has 3 heteroatoms. The number of nitrogens with zero attached hydrogens (tertiary/aromatic N) is 2. The molecule has 0 aromatic rings. The Morgan fingerprint density at radius 3 is 2.75 bits per heavy atom. The molecule has 0 aromatic heterocycles. The molecule has 116 valence electrons. The molecule has 3 rings (SSSR count). The van der Waals surface area contributed by atoms with E-state index in [1.165, 1.54) is 62.6 Å². The van der Waals surface area contributed by atoms with Crippen molar-refractivity contribution >= 4 is 0 Å². The lowest BCUT2D eigenvalue weighted by atomic mass is 10.1. The smallest absolute Gasteiger partial charge is 0.145 e. The third-order valence-corrected chi connectivity index (χ3v) is 6.00. The summed E-state index contributed by atoms with van der Waals surface area (Å²) in [7, 11) is 4.96. The Hall–Kier alpha value is -0.120. The van der Waals surface area contributed by atoms with Crippen molar-refractivity contribution in [3.63, 3.8) is 0 Å². The summed E-state index contributed by atoms with van der Waals surface area (Å²) in [4.78, 5) is 2.79. The van der Waals surface area contributed by atoms with E-state index in [0.29, 0.717) is 0 Å². The summed E-state index contributed by atoms with van der Waals surface area (Å²) in [5, 5.41) is 3.51. The molecule has 2 saturated heterocycles. The zero-order valence-electron chi connectivity index (χ0n) is 13.8. The number of hydrogen-bond acceptors (Lipinski definition) is 2. The molecular weight excluding hydrogens is 246 g/mol. The van der Waals surface area contributed by atoms with Crippen LogP contribution >= 0.6 is 0 Å². The maximum absolute atomic E-state index is 3.51. The van der Waals surface area contributed by atoms with Crippen molar-refractivity contribution < 1.29 is 4.48 Å². The van der Waals surface area contributed by atoms with Crippen molar-refractivity contribution in [1.29, 1.82) is 0 Å². The monoisotopic (exact) mass is 280 g/mol. The summed E-state index contributed by atoms with van der Waals surface area (Å²) < 4.78 is 1.24. The molecule has 1 aliphatic carbocycles. The number of nitrogens with one attached hydrogen (secondary N) is 1. The van der Waals surface area contributed by atoms with E-state index in [-0.39, 0.29) is 0 Å². The van der Waals surface area contributed by atoms with Crippen LogP contribution in [0.25, 0.3) is 0 Å². The Bertz CT molecular complexity index is 328. The second kappa shape index (κ2) is 5.94. The summed E-state index contributed by atoms with van der Waals surface area (Å²) in [6, 6.07) is 0.947. The number of hydrogen-bond donors (Lipinski definition) is 1. The van der Waals surface area contributed by atoms with Gasteiger partial charge in [-0.3, -0.25) is 0 Å². The highest BCUT2D eigenvalue weighted by Gasteiger charge is 2.48. The van der Waals surface area contributed by atoms with Gasteiger partial charge in [-0.25, -0.2) is 4.90 Å². The molecule has 5 unspecified atom stereocenters. The summed E-state index contributed by atoms with van der Waals surface area (Å²) in [5.74, 6) is 2.00. The maximum atomic E-state index is 3.51. The van der Waals surface area contributed by atoms with E-state index in [4.69, 9.17) is 0 Å². The molecule has 1 N–H and O–H groups in total. The highest BCUT2D eigenvalue weighted by atomic mass is 15.5. The maximum Gasteiger partial charge on any atom is 0.145 e. The van der Waals surface area contributed by atoms with Crippen molar-refractivity contribution in [2.24, 2.45) is 11.8 Å². The van der Waals surface area contributed by atoms with Crippen molar-refractivity contribution in [2.75, 3.05) is 40.3 Å². The summed E-state index contributed by atoms with van der Waals surface area (Å²) in [6.45, 7) is 7.36. The van der Waals surface area contributed by atoms with E-state index in [2.05, 4.69) is 31.2 Å². The molecule has 1 saturated carbocycles. The van der Waals surface area contributed by atoms with Gasteiger partial charge in [0.25, 0.3) is 0 Å². The van der Waals surface area contributed by atoms with Crippen molar-refractivity contribution in [2.45, 2.75) is 57.7 Å². The first-order chi connectivity index (χ1) is 9.62. The predicted molar refractivity (Wildman–Crippen MR) is 84.5 cm³/mol. The van der Waals surface area contributed by atoms with Gasteiger partial charge in [-0.1, -0.05) is 13.3 Å². The Morgan fingerprint density at radius 2 is 1.95 bits per heavy atom. The van der Waals surface area contributed by atoms with Gasteiger partial charge in [0.2, 0.25) is 0 Å². The van der Waals surface area contributed by atoms with Crippen LogP contribution in [0.15, 0.2) is 0 Å². The lowest BCUT2D eigenvalue weighted by Crippen LogP contribution is -2.53. The highest BCUT2D eigenvalue weighted by Crippen LogP contribution is 2.42. The molecule has 3 nitrogen and oxygen atoms in total. The average Bonchev–Trinajstić information content (AvgIpc) is 3.26. The van der Waals surface area contributed by atoms with Gasteiger partial charge in [0.05, 0.1) is 20.6 Å². The van der Waals surface area contributed by atoms with Crippen LogP contribution in [0.4, 0.5) is 0 Å². The SMILES string of the molecule is CCNCC1CC1CC[N+](C)(C)C1CCCCC2CN21. The Balaban J connectivity index is 1.44. The molecule has 0 aromatic carbocycles. The summed E-state index contributed by atoms with van der Waals surface area (Å²) >= 11 is 0. The van der Waals surface area contributed by atoms with Crippen LogP contribution in [-0.4, -0.2) is 61.9 Å². The second-order valence-electron chi connectivity index (χ2n) is 7.97. The first-order valence-electron chi connectivity index (χ1n) is 8.91. The molecular formula is C17H34N3+. The Morgan fingerprint density at radius 1 is 1.15 bits per heavy atom. The van der Waals surface area contributed by atoms with Crippen LogP contribution in [0.5, 0.6) is 0 Å². The molecule has 2 heterocycles. The fourth-order valence-electron chi connectivity index (χ4n) is 4.33. The van der Waals surface area contributed by atoms with Gasteiger partial charge in [-0.15, -0.1) is 0 Å². The van der Waals surface area contributed by atoms with Gasteiger partial charge < -0.3 is 9.80 Å². The normalized spacial score (nSPS) is 40.0. The fourth-order valence-corrected chi connectivity index (χ4v) is 4.33. The van der Waals surface area contributed by atoms with E-state index in [1.807, 2.05) is 0 Å². The van der Waals surface area contributed by atoms with Gasteiger partial charge in [0, 0.05) is 19.0 Å². The van der Waals surface area contributed by atoms with Crippen LogP contribution in [0.3, 0.4) is 0 Å². The standard InChI is InChI=1S/C17H34N3/c1-4-18-12-15-11-14(15)9-10-20(2,3)17-8-6-5-7-16-13-19(16)17/h14-18H,4-13H2,1-3H3/q+1. The molecule has 0 radical (unpaired) electrons. The van der Waals surface area contributed by atoms with Gasteiger partial charge in [0.15, 0.2) is 0 Å². The van der Waals surface area contributed by atoms with E-state index in [1.54, 1.807) is 0 Å². The third-order valence-electron chi connectivity index (χ3n) is 6.00. The van der Waals surface area contributed by atoms with Gasteiger partial charge in [-0.2, -0.15) is 0 Å². The van der Waals surface area contributed by atoms with Crippen LogP contribution in [-0.2, 0) is 0 Å². The van der Waals surface area contributed by atoms with Crippen LogP contribution in [0, 0.1) is 11.8 Å². The fraction of sp³-hybridized carbons (Fsp3) is 1.00. The molecule has 0 amide bonds. The van der Waals surface area contributed by atoms with E-state index >= 15 is 0 Å². The zero-order valence-corrected chi connectivity index (χ0v) is 13.8. The topological polar surface area (TPSA) is 15.0 Å². The van der Waals surface area contributed by atoms with Crippen LogP contribution in [0.2, 0.25) is 0 Å². The van der Waals surface area contributed by atoms with Crippen molar-refractivity contribution in [1.82, 2.24) is 10.2 Å². The number of fused-ring (bicyclic) bond motifs is 1. The van der Waals surface area contributed by atoms with E-state index in [0.717, 1.165) is 30.6 Å². The Labute approximate surface area is 125 Å². The van der Waals surface area contributed by atoms with Crippen molar-refractivity contribution in [3.05, 3.63) is 0 Å².